The average Bonchev–Trinajstić information content (AvgIpc) is 2.80. The van der Waals surface area contributed by atoms with Gasteiger partial charge in [-0.2, -0.15) is 0 Å². The van der Waals surface area contributed by atoms with Crippen LogP contribution >= 0.6 is 0 Å². The van der Waals surface area contributed by atoms with Crippen LogP contribution in [-0.4, -0.2) is 23.7 Å². The van der Waals surface area contributed by atoms with Crippen molar-refractivity contribution in [3.63, 3.8) is 0 Å². The second-order valence-corrected chi connectivity index (χ2v) is 5.44. The molecule has 0 radical (unpaired) electrons. The van der Waals surface area contributed by atoms with Gasteiger partial charge in [-0.3, -0.25) is 19.7 Å². The predicted octanol–water partition coefficient (Wildman–Crippen LogP) is 2.93. The molecule has 1 aliphatic rings. The van der Waals surface area contributed by atoms with Crippen molar-refractivity contribution in [3.8, 4) is 0 Å². The topological polar surface area (TPSA) is 80.5 Å². The van der Waals surface area contributed by atoms with Crippen LogP contribution in [0, 0.1) is 10.1 Å². The number of fused-ring (bicyclic) bond motifs is 1. The van der Waals surface area contributed by atoms with Crippen molar-refractivity contribution in [1.82, 2.24) is 0 Å². The Hall–Kier alpha value is -3.02. The predicted molar refractivity (Wildman–Crippen MR) is 84.6 cm³/mol. The Morgan fingerprint density at radius 2 is 1.91 bits per heavy atom. The molecule has 6 heteroatoms. The molecule has 1 unspecified atom stereocenters. The van der Waals surface area contributed by atoms with E-state index in [2.05, 4.69) is 0 Å². The van der Waals surface area contributed by atoms with Gasteiger partial charge >= 0.3 is 0 Å². The highest BCUT2D eigenvalue weighted by Crippen LogP contribution is 2.40. The second kappa shape index (κ2) is 5.64. The molecule has 1 heterocycles. The molecule has 0 saturated heterocycles. The molecule has 0 aromatic heterocycles. The fourth-order valence-electron chi connectivity index (χ4n) is 2.85. The van der Waals surface area contributed by atoms with E-state index in [-0.39, 0.29) is 23.8 Å². The molecule has 0 spiro atoms. The molecule has 2 aromatic rings. The number of ketones is 1. The number of anilines is 1. The summed E-state index contributed by atoms with van der Waals surface area (Å²) >= 11 is 0. The lowest BCUT2D eigenvalue weighted by Gasteiger charge is -2.10. The van der Waals surface area contributed by atoms with Gasteiger partial charge in [0.25, 0.3) is 5.69 Å². The van der Waals surface area contributed by atoms with Crippen molar-refractivity contribution in [2.45, 2.75) is 12.3 Å². The van der Waals surface area contributed by atoms with Crippen molar-refractivity contribution >= 4 is 23.1 Å². The lowest BCUT2D eigenvalue weighted by Crippen LogP contribution is -2.25. The van der Waals surface area contributed by atoms with Crippen molar-refractivity contribution in [1.29, 1.82) is 0 Å². The molecule has 1 amide bonds. The molecule has 0 aliphatic carbocycles. The number of carbonyl (C=O) groups is 2. The molecule has 23 heavy (non-hydrogen) atoms. The zero-order valence-corrected chi connectivity index (χ0v) is 12.4. The Morgan fingerprint density at radius 3 is 2.57 bits per heavy atom. The van der Waals surface area contributed by atoms with Gasteiger partial charge in [-0.15, -0.1) is 0 Å². The number of non-ortho nitro benzene ring substituents is 1. The molecule has 116 valence electrons. The molecule has 0 saturated carbocycles. The SMILES string of the molecule is CN1C(=O)C(CC(=O)c2ccccc2)c2cc([N+](=O)[O-])ccc21. The molecule has 2 aromatic carbocycles. The number of nitrogens with zero attached hydrogens (tertiary/aromatic N) is 2. The van der Waals surface area contributed by atoms with E-state index in [1.54, 1.807) is 37.4 Å². The van der Waals surface area contributed by atoms with Crippen LogP contribution in [0.5, 0.6) is 0 Å². The molecule has 6 nitrogen and oxygen atoms in total. The minimum Gasteiger partial charge on any atom is -0.315 e. The minimum absolute atomic E-state index is 0.00134. The summed E-state index contributed by atoms with van der Waals surface area (Å²) in [6, 6.07) is 13.0. The number of carbonyl (C=O) groups excluding carboxylic acids is 2. The lowest BCUT2D eigenvalue weighted by atomic mass is 9.92. The minimum atomic E-state index is -0.678. The third kappa shape index (κ3) is 2.59. The Morgan fingerprint density at radius 1 is 1.22 bits per heavy atom. The van der Waals surface area contributed by atoms with Gasteiger partial charge < -0.3 is 4.90 Å². The largest absolute Gasteiger partial charge is 0.315 e. The van der Waals surface area contributed by atoms with Crippen LogP contribution in [0.2, 0.25) is 0 Å². The molecule has 0 N–H and O–H groups in total. The summed E-state index contributed by atoms with van der Waals surface area (Å²) in [5, 5.41) is 11.0. The normalized spacial score (nSPS) is 16.3. The first-order chi connectivity index (χ1) is 11.0. The fraction of sp³-hybridized carbons (Fsp3) is 0.176. The molecule has 1 aliphatic heterocycles. The second-order valence-electron chi connectivity index (χ2n) is 5.44. The van der Waals surface area contributed by atoms with Crippen LogP contribution in [0.4, 0.5) is 11.4 Å². The monoisotopic (exact) mass is 310 g/mol. The smallest absolute Gasteiger partial charge is 0.269 e. The fourth-order valence-corrected chi connectivity index (χ4v) is 2.85. The van der Waals surface area contributed by atoms with Crippen molar-refractivity contribution in [3.05, 3.63) is 69.8 Å². The van der Waals surface area contributed by atoms with E-state index in [4.69, 9.17) is 0 Å². The zero-order valence-electron chi connectivity index (χ0n) is 12.4. The van der Waals surface area contributed by atoms with Crippen LogP contribution in [0.3, 0.4) is 0 Å². The van der Waals surface area contributed by atoms with Gasteiger partial charge in [0.05, 0.1) is 10.8 Å². The van der Waals surface area contributed by atoms with Gasteiger partial charge in [0, 0.05) is 36.9 Å². The number of amides is 1. The first-order valence-electron chi connectivity index (χ1n) is 7.13. The number of Topliss-reactive ketones (excluding diaryl/α,β-unsaturated/α-hetero) is 1. The first-order valence-corrected chi connectivity index (χ1v) is 7.13. The van der Waals surface area contributed by atoms with Crippen LogP contribution in [0.1, 0.15) is 28.3 Å². The maximum absolute atomic E-state index is 12.4. The summed E-state index contributed by atoms with van der Waals surface area (Å²) in [6.45, 7) is 0. The van der Waals surface area contributed by atoms with Gasteiger partial charge in [0.1, 0.15) is 0 Å². The molecular formula is C17H14N2O4. The summed E-state index contributed by atoms with van der Waals surface area (Å²) in [7, 11) is 1.61. The highest BCUT2D eigenvalue weighted by atomic mass is 16.6. The van der Waals surface area contributed by atoms with Crippen LogP contribution in [0.25, 0.3) is 0 Å². The maximum Gasteiger partial charge on any atom is 0.269 e. The van der Waals surface area contributed by atoms with E-state index in [0.717, 1.165) is 0 Å². The Labute approximate surface area is 132 Å². The number of likely N-dealkylation sites (N-methyl/N-ethyl adjacent to an activating group) is 1. The van der Waals surface area contributed by atoms with Gasteiger partial charge in [-0.1, -0.05) is 30.3 Å². The van der Waals surface area contributed by atoms with Crippen LogP contribution in [0.15, 0.2) is 48.5 Å². The van der Waals surface area contributed by atoms with E-state index < -0.39 is 10.8 Å². The maximum atomic E-state index is 12.4. The molecule has 1 atom stereocenters. The number of benzene rings is 2. The number of rotatable bonds is 4. The van der Waals surface area contributed by atoms with E-state index >= 15 is 0 Å². The van der Waals surface area contributed by atoms with Crippen LogP contribution in [-0.2, 0) is 4.79 Å². The van der Waals surface area contributed by atoms with Gasteiger partial charge in [-0.05, 0) is 11.6 Å². The lowest BCUT2D eigenvalue weighted by molar-refractivity contribution is -0.384. The quantitative estimate of drug-likeness (QED) is 0.494. The van der Waals surface area contributed by atoms with Gasteiger partial charge in [0.2, 0.25) is 5.91 Å². The zero-order chi connectivity index (χ0) is 16.6. The summed E-state index contributed by atoms with van der Waals surface area (Å²) < 4.78 is 0. The average molecular weight is 310 g/mol. The van der Waals surface area contributed by atoms with Gasteiger partial charge in [0.15, 0.2) is 5.78 Å². The standard InChI is InChI=1S/C17H14N2O4/c1-18-15-8-7-12(19(22)23)9-13(15)14(17(18)21)10-16(20)11-5-3-2-4-6-11/h2-9,14H,10H2,1H3. The molecule has 3 rings (SSSR count). The third-order valence-corrected chi connectivity index (χ3v) is 4.07. The number of nitro groups is 1. The van der Waals surface area contributed by atoms with Crippen molar-refractivity contribution in [2.75, 3.05) is 11.9 Å². The first kappa shape index (κ1) is 14.9. The molecule has 0 fully saturated rings. The third-order valence-electron chi connectivity index (χ3n) is 4.07. The summed E-state index contributed by atoms with van der Waals surface area (Å²) in [6.07, 6.45) is 0.00134. The molecule has 0 bridgehead atoms. The Balaban J connectivity index is 1.95. The molecular weight excluding hydrogens is 296 g/mol. The number of nitro benzene ring substituents is 1. The van der Waals surface area contributed by atoms with E-state index in [0.29, 0.717) is 16.8 Å². The highest BCUT2D eigenvalue weighted by molar-refractivity contribution is 6.08. The van der Waals surface area contributed by atoms with Crippen molar-refractivity contribution < 1.29 is 14.5 Å². The summed E-state index contributed by atoms with van der Waals surface area (Å²) in [5.74, 6) is -1.05. The van der Waals surface area contributed by atoms with Gasteiger partial charge in [-0.25, -0.2) is 0 Å². The van der Waals surface area contributed by atoms with Crippen LogP contribution < -0.4 is 4.90 Å². The number of hydrogen-bond acceptors (Lipinski definition) is 4. The van der Waals surface area contributed by atoms with E-state index in [1.165, 1.54) is 17.0 Å². The summed E-state index contributed by atoms with van der Waals surface area (Å²) in [5.41, 5.74) is 1.60. The van der Waals surface area contributed by atoms with Crippen molar-refractivity contribution in [2.24, 2.45) is 0 Å². The van der Waals surface area contributed by atoms with E-state index in [9.17, 15) is 19.7 Å². The van der Waals surface area contributed by atoms with E-state index in [1.807, 2.05) is 6.07 Å². The Kier molecular flexibility index (Phi) is 3.65. The Bertz CT molecular complexity index is 801. The highest BCUT2D eigenvalue weighted by Gasteiger charge is 2.37. The summed E-state index contributed by atoms with van der Waals surface area (Å²) in [4.78, 5) is 36.7. The number of hydrogen-bond donors (Lipinski definition) is 0.